The van der Waals surface area contributed by atoms with E-state index < -0.39 is 0 Å². The minimum atomic E-state index is -0.360. The third-order valence-electron chi connectivity index (χ3n) is 3.39. The summed E-state index contributed by atoms with van der Waals surface area (Å²) < 4.78 is 2.75. The van der Waals surface area contributed by atoms with Crippen LogP contribution in [0.1, 0.15) is 38.4 Å². The fourth-order valence-electron chi connectivity index (χ4n) is 2.31. The van der Waals surface area contributed by atoms with E-state index >= 15 is 0 Å². The van der Waals surface area contributed by atoms with Crippen LogP contribution in [-0.2, 0) is 13.1 Å². The van der Waals surface area contributed by atoms with Gasteiger partial charge in [0, 0.05) is 19.5 Å². The van der Waals surface area contributed by atoms with Gasteiger partial charge in [0.25, 0.3) is 5.56 Å². The number of hydrogen-bond donors (Lipinski definition) is 1. The molecule has 0 amide bonds. The molecule has 2 aromatic heterocycles. The van der Waals surface area contributed by atoms with Gasteiger partial charge < -0.3 is 4.98 Å². The third kappa shape index (κ3) is 2.89. The third-order valence-corrected chi connectivity index (χ3v) is 3.39. The van der Waals surface area contributed by atoms with Crippen molar-refractivity contribution in [1.82, 2.24) is 19.1 Å². The summed E-state index contributed by atoms with van der Waals surface area (Å²) in [5, 5.41) is 8.59. The molecule has 0 aliphatic carbocycles. The van der Waals surface area contributed by atoms with E-state index in [9.17, 15) is 9.59 Å². The molecular weight excluding hydrogens is 270 g/mol. The monoisotopic (exact) mass is 289 g/mol. The number of fused-ring (bicyclic) bond motifs is 1. The maximum atomic E-state index is 12.5. The summed E-state index contributed by atoms with van der Waals surface area (Å²) in [5.74, 6) is 0.613. The van der Waals surface area contributed by atoms with Crippen LogP contribution >= 0.6 is 0 Å². The molecule has 1 N–H and O–H groups in total. The lowest BCUT2D eigenvalue weighted by molar-refractivity contribution is 0.536. The smallest absolute Gasteiger partial charge is 0.332 e. The molecule has 21 heavy (non-hydrogen) atoms. The lowest BCUT2D eigenvalue weighted by Crippen LogP contribution is -2.40. The Balaban J connectivity index is 2.60. The van der Waals surface area contributed by atoms with Gasteiger partial charge in [-0.2, -0.15) is 5.26 Å². The highest BCUT2D eigenvalue weighted by molar-refractivity contribution is 5.69. The molecule has 2 rings (SSSR count). The van der Waals surface area contributed by atoms with Crippen molar-refractivity contribution in [2.75, 3.05) is 0 Å². The fourth-order valence-corrected chi connectivity index (χ4v) is 2.31. The first-order chi connectivity index (χ1) is 10.1. The molecule has 0 fully saturated rings. The molecule has 0 bridgehead atoms. The lowest BCUT2D eigenvalue weighted by Gasteiger charge is -2.10. The van der Waals surface area contributed by atoms with Gasteiger partial charge in [-0.05, 0) is 19.8 Å². The zero-order valence-corrected chi connectivity index (χ0v) is 12.3. The largest absolute Gasteiger partial charge is 0.336 e. The molecule has 0 radical (unpaired) electrons. The first-order valence-electron chi connectivity index (χ1n) is 7.17. The van der Waals surface area contributed by atoms with Crippen molar-refractivity contribution in [1.29, 1.82) is 5.26 Å². The molecule has 2 heterocycles. The van der Waals surface area contributed by atoms with E-state index in [2.05, 4.69) is 9.97 Å². The quantitative estimate of drug-likeness (QED) is 0.810. The van der Waals surface area contributed by atoms with Crippen LogP contribution in [0.25, 0.3) is 11.2 Å². The number of unbranched alkanes of at least 4 members (excludes halogenated alkanes) is 2. The highest BCUT2D eigenvalue weighted by Crippen LogP contribution is 2.06. The van der Waals surface area contributed by atoms with Gasteiger partial charge in [-0.15, -0.1) is 0 Å². The number of aromatic amines is 1. The minimum absolute atomic E-state index is 0.255. The molecule has 0 saturated heterocycles. The van der Waals surface area contributed by atoms with E-state index in [0.717, 1.165) is 12.8 Å². The second kappa shape index (κ2) is 6.39. The van der Waals surface area contributed by atoms with Gasteiger partial charge in [0.05, 0.1) is 6.07 Å². The van der Waals surface area contributed by atoms with Gasteiger partial charge in [-0.3, -0.25) is 13.9 Å². The molecule has 112 valence electrons. The van der Waals surface area contributed by atoms with E-state index in [0.29, 0.717) is 36.4 Å². The second-order valence-corrected chi connectivity index (χ2v) is 5.03. The Kier molecular flexibility index (Phi) is 4.58. The van der Waals surface area contributed by atoms with Gasteiger partial charge in [0.15, 0.2) is 5.65 Å². The van der Waals surface area contributed by atoms with Crippen LogP contribution in [0, 0.1) is 18.3 Å². The average Bonchev–Trinajstić information content (AvgIpc) is 2.84. The second-order valence-electron chi connectivity index (χ2n) is 5.03. The molecule has 0 spiro atoms. The zero-order valence-electron chi connectivity index (χ0n) is 12.3. The van der Waals surface area contributed by atoms with Crippen LogP contribution in [0.4, 0.5) is 0 Å². The van der Waals surface area contributed by atoms with Crippen LogP contribution in [0.2, 0.25) is 0 Å². The predicted molar refractivity (Wildman–Crippen MR) is 79.1 cm³/mol. The molecular formula is C14H19N5O2. The van der Waals surface area contributed by atoms with Crippen molar-refractivity contribution in [2.24, 2.45) is 0 Å². The molecule has 0 atom stereocenters. The van der Waals surface area contributed by atoms with Crippen LogP contribution in [0.15, 0.2) is 9.59 Å². The lowest BCUT2D eigenvalue weighted by atomic mass is 10.3. The molecule has 7 nitrogen and oxygen atoms in total. The summed E-state index contributed by atoms with van der Waals surface area (Å²) in [6, 6.07) is 2.02. The number of H-pyrrole nitrogens is 1. The highest BCUT2D eigenvalue weighted by atomic mass is 16.2. The van der Waals surface area contributed by atoms with E-state index in [1.165, 1.54) is 4.57 Å². The maximum Gasteiger partial charge on any atom is 0.332 e. The van der Waals surface area contributed by atoms with E-state index in [1.807, 2.05) is 13.0 Å². The predicted octanol–water partition coefficient (Wildman–Crippen LogP) is 1.30. The summed E-state index contributed by atoms with van der Waals surface area (Å²) in [7, 11) is 0. The van der Waals surface area contributed by atoms with Crippen LogP contribution in [0.3, 0.4) is 0 Å². The molecule has 0 aromatic carbocycles. The number of aryl methyl sites for hydroxylation is 2. The summed E-state index contributed by atoms with van der Waals surface area (Å²) >= 11 is 0. The normalized spacial score (nSPS) is 10.9. The maximum absolute atomic E-state index is 12.5. The van der Waals surface area contributed by atoms with Crippen molar-refractivity contribution in [3.8, 4) is 6.07 Å². The molecule has 0 saturated carbocycles. The Morgan fingerprint density at radius 1 is 1.24 bits per heavy atom. The van der Waals surface area contributed by atoms with E-state index in [4.69, 9.17) is 5.26 Å². The summed E-state index contributed by atoms with van der Waals surface area (Å²) in [4.78, 5) is 32.1. The van der Waals surface area contributed by atoms with Crippen molar-refractivity contribution < 1.29 is 0 Å². The number of imidazole rings is 1. The van der Waals surface area contributed by atoms with Gasteiger partial charge in [-0.25, -0.2) is 9.78 Å². The van der Waals surface area contributed by atoms with E-state index in [-0.39, 0.29) is 17.8 Å². The summed E-state index contributed by atoms with van der Waals surface area (Å²) in [5.41, 5.74) is 0.0827. The zero-order chi connectivity index (χ0) is 15.4. The number of aromatic nitrogens is 4. The Labute approximate surface area is 121 Å². The van der Waals surface area contributed by atoms with Gasteiger partial charge in [0.2, 0.25) is 0 Å². The van der Waals surface area contributed by atoms with Crippen molar-refractivity contribution in [3.05, 3.63) is 26.7 Å². The van der Waals surface area contributed by atoms with Crippen molar-refractivity contribution in [2.45, 2.75) is 52.6 Å². The Morgan fingerprint density at radius 2 is 1.95 bits per heavy atom. The van der Waals surface area contributed by atoms with Crippen molar-refractivity contribution >= 4 is 11.2 Å². The van der Waals surface area contributed by atoms with Gasteiger partial charge in [-0.1, -0.05) is 13.3 Å². The number of nitrogens with one attached hydrogen (secondary N) is 1. The summed E-state index contributed by atoms with van der Waals surface area (Å²) in [6.07, 6.45) is 2.60. The SMILES string of the molecule is CCCCn1c(=O)n(CCCC#N)c(=O)c2[nH]c(C)nc21. The Hall–Kier alpha value is -2.36. The number of nitrogens with zero attached hydrogens (tertiary/aromatic N) is 4. The molecule has 7 heteroatoms. The first kappa shape index (κ1) is 15.0. The highest BCUT2D eigenvalue weighted by Gasteiger charge is 2.15. The average molecular weight is 289 g/mol. The van der Waals surface area contributed by atoms with Crippen LogP contribution < -0.4 is 11.2 Å². The summed E-state index contributed by atoms with van der Waals surface area (Å²) in [6.45, 7) is 4.59. The molecule has 0 aliphatic heterocycles. The topological polar surface area (TPSA) is 96.5 Å². The Bertz CT molecular complexity index is 791. The first-order valence-corrected chi connectivity index (χ1v) is 7.17. The number of hydrogen-bond acceptors (Lipinski definition) is 4. The fraction of sp³-hybridized carbons (Fsp3) is 0.571. The van der Waals surface area contributed by atoms with Crippen LogP contribution in [-0.4, -0.2) is 19.1 Å². The van der Waals surface area contributed by atoms with Gasteiger partial charge >= 0.3 is 5.69 Å². The number of rotatable bonds is 6. The van der Waals surface area contributed by atoms with Crippen molar-refractivity contribution in [3.63, 3.8) is 0 Å². The molecule has 0 aliphatic rings. The standard InChI is InChI=1S/C14H19N5O2/c1-3-4-8-18-12-11(16-10(2)17-12)13(20)19(14(18)21)9-6-5-7-15/h3-6,8-9H2,1-2H3,(H,16,17). The Morgan fingerprint density at radius 3 is 2.62 bits per heavy atom. The van der Waals surface area contributed by atoms with Gasteiger partial charge in [0.1, 0.15) is 11.3 Å². The number of nitriles is 1. The molecule has 0 unspecified atom stereocenters. The molecule has 2 aromatic rings. The van der Waals surface area contributed by atoms with E-state index in [1.54, 1.807) is 11.5 Å². The minimum Gasteiger partial charge on any atom is -0.336 e. The van der Waals surface area contributed by atoms with Crippen LogP contribution in [0.5, 0.6) is 0 Å².